The van der Waals surface area contributed by atoms with E-state index in [0.717, 1.165) is 12.8 Å². The Balaban J connectivity index is 2.42. The Morgan fingerprint density at radius 3 is 2.85 bits per heavy atom. The molecule has 1 rings (SSSR count). The van der Waals surface area contributed by atoms with Gasteiger partial charge in [-0.15, -0.1) is 0 Å². The van der Waals surface area contributed by atoms with E-state index in [0.29, 0.717) is 5.92 Å². The second-order valence-electron chi connectivity index (χ2n) is 3.19. The smallest absolute Gasteiger partial charge is 0.305 e. The van der Waals surface area contributed by atoms with Crippen LogP contribution in [0.5, 0.6) is 0 Å². The van der Waals surface area contributed by atoms with Crippen LogP contribution in [0.4, 0.5) is 0 Å². The molecule has 72 valence electrons. The third-order valence-electron chi connectivity index (χ3n) is 2.02. The Morgan fingerprint density at radius 2 is 2.38 bits per heavy atom. The van der Waals surface area contributed by atoms with Gasteiger partial charge in [-0.25, -0.2) is 0 Å². The van der Waals surface area contributed by atoms with Crippen LogP contribution in [0.3, 0.4) is 0 Å². The highest BCUT2D eigenvalue weighted by Gasteiger charge is 2.31. The summed E-state index contributed by atoms with van der Waals surface area (Å²) in [5.41, 5.74) is 5.12. The average Bonchev–Trinajstić information content (AvgIpc) is 2.84. The summed E-state index contributed by atoms with van der Waals surface area (Å²) < 4.78 is 0. The first kappa shape index (κ1) is 9.77. The van der Waals surface area contributed by atoms with Crippen LogP contribution in [-0.4, -0.2) is 23.3 Å². The number of rotatable bonds is 5. The molecular weight excluding hydrogens is 168 g/mol. The van der Waals surface area contributed by atoms with Gasteiger partial charge < -0.3 is 10.8 Å². The van der Waals surface area contributed by atoms with Crippen LogP contribution in [0, 0.1) is 5.92 Å². The zero-order valence-electron chi connectivity index (χ0n) is 7.39. The van der Waals surface area contributed by atoms with E-state index in [1.807, 2.05) is 0 Å². The molecule has 3 N–H and O–H groups in total. The quantitative estimate of drug-likeness (QED) is 0.617. The molecule has 0 radical (unpaired) electrons. The van der Waals surface area contributed by atoms with Gasteiger partial charge >= 0.3 is 5.97 Å². The van der Waals surface area contributed by atoms with Crippen LogP contribution in [-0.2, 0) is 4.79 Å². The first-order chi connectivity index (χ1) is 6.24. The van der Waals surface area contributed by atoms with Crippen LogP contribution in [0.2, 0.25) is 0 Å². The molecule has 1 aliphatic carbocycles. The highest BCUT2D eigenvalue weighted by Crippen LogP contribution is 2.35. The molecule has 4 heteroatoms. The lowest BCUT2D eigenvalue weighted by molar-refractivity contribution is -0.137. The summed E-state index contributed by atoms with van der Waals surface area (Å²) in [7, 11) is 0. The number of aliphatic carboxylic acids is 1. The maximum Gasteiger partial charge on any atom is 0.305 e. The van der Waals surface area contributed by atoms with Crippen LogP contribution in [0.15, 0.2) is 17.3 Å². The Bertz CT molecular complexity index is 232. The van der Waals surface area contributed by atoms with Crippen LogP contribution in [0.1, 0.15) is 19.3 Å². The van der Waals surface area contributed by atoms with E-state index >= 15 is 0 Å². The molecule has 0 saturated heterocycles. The molecule has 4 nitrogen and oxygen atoms in total. The lowest BCUT2D eigenvalue weighted by Crippen LogP contribution is -2.13. The number of carbonyl (C=O) groups is 1. The van der Waals surface area contributed by atoms with Gasteiger partial charge in [-0.1, -0.05) is 0 Å². The van der Waals surface area contributed by atoms with Crippen molar-refractivity contribution in [2.24, 2.45) is 16.6 Å². The number of nitrogens with zero attached hydrogens (tertiary/aromatic N) is 1. The van der Waals surface area contributed by atoms with Crippen LogP contribution < -0.4 is 5.73 Å². The molecular formula is C9H14N2O2. The molecule has 1 atom stereocenters. The van der Waals surface area contributed by atoms with Gasteiger partial charge in [0, 0.05) is 6.21 Å². The average molecular weight is 182 g/mol. The molecule has 0 bridgehead atoms. The molecule has 0 aromatic carbocycles. The Labute approximate surface area is 77.2 Å². The predicted molar refractivity (Wildman–Crippen MR) is 50.6 cm³/mol. The third kappa shape index (κ3) is 3.73. The van der Waals surface area contributed by atoms with Crippen molar-refractivity contribution in [3.8, 4) is 0 Å². The van der Waals surface area contributed by atoms with Crippen molar-refractivity contribution in [3.63, 3.8) is 0 Å². The van der Waals surface area contributed by atoms with Gasteiger partial charge in [0.2, 0.25) is 0 Å². The topological polar surface area (TPSA) is 75.7 Å². The highest BCUT2D eigenvalue weighted by atomic mass is 16.4. The minimum atomic E-state index is -0.786. The van der Waals surface area contributed by atoms with E-state index in [-0.39, 0.29) is 12.5 Å². The maximum absolute atomic E-state index is 10.5. The van der Waals surface area contributed by atoms with E-state index in [1.54, 1.807) is 12.3 Å². The van der Waals surface area contributed by atoms with Gasteiger partial charge in [-0.2, -0.15) is 0 Å². The molecule has 0 spiro atoms. The third-order valence-corrected chi connectivity index (χ3v) is 2.02. The summed E-state index contributed by atoms with van der Waals surface area (Å²) in [6, 6.07) is -0.0614. The van der Waals surface area contributed by atoms with E-state index in [9.17, 15) is 4.79 Å². The monoisotopic (exact) mass is 182 g/mol. The fourth-order valence-electron chi connectivity index (χ4n) is 1.21. The SMILES string of the molecule is N/C=C\C=NC(CC(=O)O)C1CC1. The van der Waals surface area contributed by atoms with Gasteiger partial charge in [0.1, 0.15) is 0 Å². The minimum Gasteiger partial charge on any atom is -0.481 e. The summed E-state index contributed by atoms with van der Waals surface area (Å²) >= 11 is 0. The molecule has 0 heterocycles. The van der Waals surface area contributed by atoms with Crippen molar-refractivity contribution in [2.45, 2.75) is 25.3 Å². The summed E-state index contributed by atoms with van der Waals surface area (Å²) in [5.74, 6) is -0.315. The van der Waals surface area contributed by atoms with Crippen LogP contribution >= 0.6 is 0 Å². The van der Waals surface area contributed by atoms with Crippen molar-refractivity contribution in [1.82, 2.24) is 0 Å². The van der Waals surface area contributed by atoms with Crippen molar-refractivity contribution in [3.05, 3.63) is 12.3 Å². The molecule has 0 amide bonds. The molecule has 1 unspecified atom stereocenters. The zero-order valence-corrected chi connectivity index (χ0v) is 7.39. The Hall–Kier alpha value is -1.32. The van der Waals surface area contributed by atoms with Crippen molar-refractivity contribution in [2.75, 3.05) is 0 Å². The molecule has 0 aliphatic heterocycles. The predicted octanol–water partition coefficient (Wildman–Crippen LogP) is 0.783. The normalized spacial score (nSPS) is 19.7. The van der Waals surface area contributed by atoms with E-state index in [2.05, 4.69) is 4.99 Å². The molecule has 0 aromatic rings. The molecule has 1 saturated carbocycles. The number of aliphatic imine (C=N–C) groups is 1. The first-order valence-corrected chi connectivity index (χ1v) is 4.36. The van der Waals surface area contributed by atoms with Crippen molar-refractivity contribution < 1.29 is 9.90 Å². The number of hydrogen-bond acceptors (Lipinski definition) is 3. The summed E-state index contributed by atoms with van der Waals surface area (Å²) in [5, 5.41) is 8.60. The highest BCUT2D eigenvalue weighted by molar-refractivity contribution is 5.72. The lowest BCUT2D eigenvalue weighted by atomic mass is 10.1. The second-order valence-corrected chi connectivity index (χ2v) is 3.19. The number of allylic oxidation sites excluding steroid dienone is 1. The second kappa shape index (κ2) is 4.64. The molecule has 0 aromatic heterocycles. The maximum atomic E-state index is 10.5. The summed E-state index contributed by atoms with van der Waals surface area (Å²) in [4.78, 5) is 14.6. The van der Waals surface area contributed by atoms with Gasteiger partial charge in [-0.3, -0.25) is 9.79 Å². The standard InChI is InChI=1S/C9H14N2O2/c10-4-1-5-11-8(6-9(12)13)7-2-3-7/h1,4-5,7-8H,2-3,6,10H2,(H,12,13)/b4-1-,11-5?. The van der Waals surface area contributed by atoms with Gasteiger partial charge in [0.25, 0.3) is 0 Å². The van der Waals surface area contributed by atoms with Crippen molar-refractivity contribution >= 4 is 12.2 Å². The summed E-state index contributed by atoms with van der Waals surface area (Å²) in [6.45, 7) is 0. The van der Waals surface area contributed by atoms with Gasteiger partial charge in [0.05, 0.1) is 12.5 Å². The summed E-state index contributed by atoms with van der Waals surface area (Å²) in [6.07, 6.45) is 6.89. The number of carboxylic acids is 1. The van der Waals surface area contributed by atoms with Gasteiger partial charge in [-0.05, 0) is 31.0 Å². The van der Waals surface area contributed by atoms with E-state index in [4.69, 9.17) is 10.8 Å². The Morgan fingerprint density at radius 1 is 1.69 bits per heavy atom. The van der Waals surface area contributed by atoms with E-state index < -0.39 is 5.97 Å². The molecule has 1 aliphatic rings. The number of nitrogens with two attached hydrogens (primary N) is 1. The Kier molecular flexibility index (Phi) is 3.49. The van der Waals surface area contributed by atoms with Crippen molar-refractivity contribution in [1.29, 1.82) is 0 Å². The lowest BCUT2D eigenvalue weighted by Gasteiger charge is -2.06. The molecule has 1 fully saturated rings. The van der Waals surface area contributed by atoms with Gasteiger partial charge in [0.15, 0.2) is 0 Å². The molecule has 13 heavy (non-hydrogen) atoms. The largest absolute Gasteiger partial charge is 0.481 e. The van der Waals surface area contributed by atoms with Crippen LogP contribution in [0.25, 0.3) is 0 Å². The fourth-order valence-corrected chi connectivity index (χ4v) is 1.21. The minimum absolute atomic E-state index is 0.0614. The first-order valence-electron chi connectivity index (χ1n) is 4.36. The number of carboxylic acid groups (broad SMARTS) is 1. The number of hydrogen-bond donors (Lipinski definition) is 2. The van der Waals surface area contributed by atoms with E-state index in [1.165, 1.54) is 6.20 Å². The fraction of sp³-hybridized carbons (Fsp3) is 0.556. The zero-order chi connectivity index (χ0) is 9.68.